The minimum atomic E-state index is -3.27. The molecule has 1 saturated heterocycles. The number of hydrogen-bond acceptors (Lipinski definition) is 4. The van der Waals surface area contributed by atoms with Gasteiger partial charge in [-0.25, -0.2) is 22.4 Å². The molecule has 6 nitrogen and oxygen atoms in total. The fraction of sp³-hybridized carbons (Fsp3) is 0.636. The molecule has 0 saturated carbocycles. The zero-order valence-corrected chi connectivity index (χ0v) is 12.2. The molecular weight excluding hydrogens is 336 g/mol. The van der Waals surface area contributed by atoms with E-state index in [2.05, 4.69) is 5.32 Å². The van der Waals surface area contributed by atoms with Gasteiger partial charge in [0, 0.05) is 13.2 Å². The first-order chi connectivity index (χ1) is 10.3. The van der Waals surface area contributed by atoms with E-state index in [0.29, 0.717) is 0 Å². The number of amides is 2. The highest BCUT2D eigenvalue weighted by molar-refractivity contribution is 6.38. The molecule has 1 fully saturated rings. The molecule has 1 aliphatic heterocycles. The van der Waals surface area contributed by atoms with Gasteiger partial charge in [-0.05, 0) is 0 Å². The van der Waals surface area contributed by atoms with Gasteiger partial charge in [0.1, 0.15) is 12.3 Å². The van der Waals surface area contributed by atoms with E-state index in [-0.39, 0.29) is 11.3 Å². The lowest BCUT2D eigenvalue weighted by Crippen LogP contribution is -2.42. The van der Waals surface area contributed by atoms with Gasteiger partial charge >= 0.3 is 6.03 Å². The number of aliphatic hydroxyl groups excluding tert-OH is 1. The van der Waals surface area contributed by atoms with E-state index in [4.69, 9.17) is 21.4 Å². The Morgan fingerprint density at radius 3 is 2.45 bits per heavy atom. The Labute approximate surface area is 128 Å². The van der Waals surface area contributed by atoms with E-state index in [9.17, 15) is 27.2 Å². The van der Waals surface area contributed by atoms with E-state index in [0.717, 1.165) is 11.1 Å². The summed E-state index contributed by atoms with van der Waals surface area (Å²) in [4.78, 5) is 22.7. The number of halogens is 5. The minimum Gasteiger partial charge on any atom is -0.393 e. The first kappa shape index (κ1) is 20.6. The second-order valence-electron chi connectivity index (χ2n) is 3.92. The number of nitrogens with zero attached hydrogens (tertiary/aromatic N) is 1. The lowest BCUT2D eigenvalue weighted by atomic mass is 10.1. The second kappa shape index (κ2) is 9.59. The Hall–Kier alpha value is -1.39. The summed E-state index contributed by atoms with van der Waals surface area (Å²) < 4.78 is 51.0. The number of rotatable bonds is 4. The van der Waals surface area contributed by atoms with Crippen LogP contribution in [0.5, 0.6) is 0 Å². The van der Waals surface area contributed by atoms with Gasteiger partial charge in [-0.1, -0.05) is 11.6 Å². The Bertz CT molecular complexity index is 412. The number of hydrogen-bond donors (Lipinski definition) is 2. The van der Waals surface area contributed by atoms with Crippen molar-refractivity contribution in [2.24, 2.45) is 0 Å². The van der Waals surface area contributed by atoms with Crippen LogP contribution in [0, 0.1) is 0 Å². The Morgan fingerprint density at radius 1 is 1.55 bits per heavy atom. The molecule has 22 heavy (non-hydrogen) atoms. The summed E-state index contributed by atoms with van der Waals surface area (Å²) in [6, 6.07) is -0.764. The summed E-state index contributed by atoms with van der Waals surface area (Å²) in [6.07, 6.45) is -2.67. The third kappa shape index (κ3) is 5.78. The molecule has 0 aliphatic carbocycles. The van der Waals surface area contributed by atoms with E-state index in [1.54, 1.807) is 0 Å². The van der Waals surface area contributed by atoms with Gasteiger partial charge in [-0.15, -0.1) is 0 Å². The molecule has 0 aromatic heterocycles. The molecule has 0 spiro atoms. The molecule has 1 heterocycles. The Kier molecular flexibility index (Phi) is 8.99. The van der Waals surface area contributed by atoms with Crippen molar-refractivity contribution in [3.8, 4) is 0 Å². The van der Waals surface area contributed by atoms with Crippen molar-refractivity contribution in [1.82, 2.24) is 10.2 Å². The lowest BCUT2D eigenvalue weighted by Gasteiger charge is -2.24. The number of aliphatic hydroxyl groups is 1. The average molecular weight is 351 g/mol. The maximum atomic E-state index is 13.4. The normalized spacial score (nSPS) is 23.3. The smallest absolute Gasteiger partial charge is 0.323 e. The van der Waals surface area contributed by atoms with Crippen LogP contribution in [0.2, 0.25) is 0 Å². The summed E-state index contributed by atoms with van der Waals surface area (Å²) in [5, 5.41) is 10.7. The molecule has 0 radical (unpaired) electrons. The number of allylic oxidation sites excluding steroid dienone is 1. The summed E-state index contributed by atoms with van der Waals surface area (Å²) in [6.45, 7) is -2.63. The Morgan fingerprint density at radius 2 is 2.09 bits per heavy atom. The largest absolute Gasteiger partial charge is 0.393 e. The second-order valence-corrected chi connectivity index (χ2v) is 4.36. The highest BCUT2D eigenvalue weighted by Crippen LogP contribution is 2.37. The third-order valence-electron chi connectivity index (χ3n) is 2.54. The van der Waals surface area contributed by atoms with Crippen LogP contribution in [-0.4, -0.2) is 61.2 Å². The van der Waals surface area contributed by atoms with E-state index >= 15 is 0 Å². The summed E-state index contributed by atoms with van der Waals surface area (Å²) in [5.41, 5.74) is 0. The molecule has 11 heteroatoms. The molecule has 2 unspecified atom stereocenters. The van der Waals surface area contributed by atoms with Crippen LogP contribution in [0.4, 0.5) is 22.4 Å². The predicted molar refractivity (Wildman–Crippen MR) is 68.7 cm³/mol. The fourth-order valence-corrected chi connectivity index (χ4v) is 1.71. The summed E-state index contributed by atoms with van der Waals surface area (Å²) in [5.74, 6) is -3.27. The molecule has 128 valence electrons. The van der Waals surface area contributed by atoms with Gasteiger partial charge in [-0.3, -0.25) is 9.69 Å². The molecule has 2 amide bonds. The maximum Gasteiger partial charge on any atom is 0.323 e. The number of aldehydes is 1. The van der Waals surface area contributed by atoms with Gasteiger partial charge in [0.15, 0.2) is 6.29 Å². The van der Waals surface area contributed by atoms with Crippen molar-refractivity contribution in [3.63, 3.8) is 0 Å². The topological polar surface area (TPSA) is 78.9 Å². The summed E-state index contributed by atoms with van der Waals surface area (Å²) >= 11 is 5.46. The van der Waals surface area contributed by atoms with Crippen molar-refractivity contribution in [2.45, 2.75) is 24.7 Å². The third-order valence-corrected chi connectivity index (χ3v) is 2.73. The Balaban J connectivity index is 0.00000135. The predicted octanol–water partition coefficient (Wildman–Crippen LogP) is 1.53. The molecule has 1 rings (SSSR count). The quantitative estimate of drug-likeness (QED) is 0.458. The van der Waals surface area contributed by atoms with Crippen molar-refractivity contribution >= 4 is 23.9 Å². The molecule has 2 N–H and O–H groups in total. The van der Waals surface area contributed by atoms with Crippen LogP contribution >= 0.6 is 11.6 Å². The molecule has 0 bridgehead atoms. The van der Waals surface area contributed by atoms with Crippen molar-refractivity contribution < 1.29 is 37.0 Å². The van der Waals surface area contributed by atoms with E-state index in [1.807, 2.05) is 0 Å². The van der Waals surface area contributed by atoms with Crippen LogP contribution in [0.15, 0.2) is 11.2 Å². The number of carbonyl (C=O) groups is 2. The van der Waals surface area contributed by atoms with Crippen LogP contribution in [0.25, 0.3) is 0 Å². The molecule has 0 aromatic carbocycles. The number of carbonyl (C=O) groups excluding carboxylic acids is 2. The number of nitrogens with one attached hydrogen (secondary N) is 1. The standard InChI is InChI=1S/C10H13ClF2N2O4.CH2F2/c1-14-9(18)15(3-6(11)4-16)8-2-10(12,13)7(5-17)19-8;2-1-3/h3-4,7-8,17H,2,5H2,1H3,(H,14,18);1H2/b6-3+;. The fourth-order valence-electron chi connectivity index (χ4n) is 1.61. The van der Waals surface area contributed by atoms with Gasteiger partial charge in [0.05, 0.1) is 18.1 Å². The summed E-state index contributed by atoms with van der Waals surface area (Å²) in [7, 11) is 1.29. The van der Waals surface area contributed by atoms with Crippen molar-refractivity contribution in [3.05, 3.63) is 11.2 Å². The van der Waals surface area contributed by atoms with Gasteiger partial charge in [0.25, 0.3) is 5.92 Å². The van der Waals surface area contributed by atoms with Crippen LogP contribution in [-0.2, 0) is 9.53 Å². The van der Waals surface area contributed by atoms with Crippen molar-refractivity contribution in [1.29, 1.82) is 0 Å². The van der Waals surface area contributed by atoms with Crippen LogP contribution < -0.4 is 5.32 Å². The highest BCUT2D eigenvalue weighted by Gasteiger charge is 2.52. The number of ether oxygens (including phenoxy) is 1. The highest BCUT2D eigenvalue weighted by atomic mass is 35.5. The SMILES string of the molecule is CNC(=O)N(/C=C(/Cl)C=O)C1CC(F)(F)C(CO)O1.FCF. The number of urea groups is 1. The monoisotopic (exact) mass is 350 g/mol. The van der Waals surface area contributed by atoms with Gasteiger partial charge < -0.3 is 15.2 Å². The molecule has 1 aliphatic rings. The first-order valence-corrected chi connectivity index (χ1v) is 6.23. The molecule has 0 aromatic rings. The molecular formula is C11H15ClF4N2O4. The van der Waals surface area contributed by atoms with Crippen LogP contribution in [0.3, 0.4) is 0 Å². The minimum absolute atomic E-state index is 0.258. The average Bonchev–Trinajstić information content (AvgIpc) is 2.78. The zero-order chi connectivity index (χ0) is 17.3. The van der Waals surface area contributed by atoms with Crippen LogP contribution in [0.1, 0.15) is 6.42 Å². The van der Waals surface area contributed by atoms with Crippen molar-refractivity contribution in [2.75, 3.05) is 20.6 Å². The number of alkyl halides is 4. The van der Waals surface area contributed by atoms with Gasteiger partial charge in [0.2, 0.25) is 6.93 Å². The zero-order valence-electron chi connectivity index (χ0n) is 11.4. The van der Waals surface area contributed by atoms with Gasteiger partial charge in [-0.2, -0.15) is 0 Å². The van der Waals surface area contributed by atoms with E-state index in [1.165, 1.54) is 7.05 Å². The first-order valence-electron chi connectivity index (χ1n) is 5.86. The lowest BCUT2D eigenvalue weighted by molar-refractivity contribution is -0.105. The maximum absolute atomic E-state index is 13.4. The van der Waals surface area contributed by atoms with E-state index < -0.39 is 44.2 Å². The molecule has 2 atom stereocenters.